The van der Waals surface area contributed by atoms with Crippen LogP contribution < -0.4 is 0 Å². The lowest BCUT2D eigenvalue weighted by Crippen LogP contribution is -2.31. The lowest BCUT2D eigenvalue weighted by Gasteiger charge is -2.12. The zero-order valence-electron chi connectivity index (χ0n) is 14.5. The number of rotatable bonds is 11. The van der Waals surface area contributed by atoms with Crippen molar-refractivity contribution in [1.82, 2.24) is 5.06 Å². The SMILES string of the molecule is CC(C)OC(=O)CCCCCCCCC(=O)ON1C(=O)CCC1=O. The summed E-state index contributed by atoms with van der Waals surface area (Å²) < 4.78 is 5.05. The Hall–Kier alpha value is -1.92. The van der Waals surface area contributed by atoms with Crippen LogP contribution >= 0.6 is 0 Å². The van der Waals surface area contributed by atoms with Gasteiger partial charge in [0.05, 0.1) is 6.10 Å². The molecular weight excluding hydrogens is 314 g/mol. The average Bonchev–Trinajstić information content (AvgIpc) is 2.81. The number of imide groups is 1. The van der Waals surface area contributed by atoms with Crippen molar-refractivity contribution in [2.24, 2.45) is 0 Å². The fourth-order valence-corrected chi connectivity index (χ4v) is 2.37. The average molecular weight is 341 g/mol. The van der Waals surface area contributed by atoms with Crippen LogP contribution in [0.5, 0.6) is 0 Å². The molecule has 7 heteroatoms. The second kappa shape index (κ2) is 10.8. The summed E-state index contributed by atoms with van der Waals surface area (Å²) in [6.45, 7) is 3.66. The van der Waals surface area contributed by atoms with Gasteiger partial charge in [-0.3, -0.25) is 14.4 Å². The Morgan fingerprint density at radius 1 is 0.875 bits per heavy atom. The van der Waals surface area contributed by atoms with Crippen molar-refractivity contribution < 1.29 is 28.8 Å². The molecule has 0 aliphatic carbocycles. The van der Waals surface area contributed by atoms with Crippen molar-refractivity contribution in [2.45, 2.75) is 84.2 Å². The highest BCUT2D eigenvalue weighted by molar-refractivity contribution is 6.01. The van der Waals surface area contributed by atoms with Crippen LogP contribution in [0.2, 0.25) is 0 Å². The number of hydroxylamine groups is 2. The number of esters is 1. The molecule has 0 bridgehead atoms. The molecular formula is C17H27NO6. The number of hydrogen-bond acceptors (Lipinski definition) is 6. The van der Waals surface area contributed by atoms with Crippen LogP contribution in [-0.4, -0.2) is 34.9 Å². The van der Waals surface area contributed by atoms with E-state index in [0.717, 1.165) is 32.1 Å². The normalized spacial score (nSPS) is 14.4. The summed E-state index contributed by atoms with van der Waals surface area (Å²) in [4.78, 5) is 50.3. The minimum Gasteiger partial charge on any atom is -0.463 e. The van der Waals surface area contributed by atoms with Crippen LogP contribution in [0.1, 0.15) is 78.1 Å². The van der Waals surface area contributed by atoms with E-state index in [4.69, 9.17) is 9.57 Å². The maximum atomic E-state index is 11.6. The summed E-state index contributed by atoms with van der Waals surface area (Å²) >= 11 is 0. The first-order valence-corrected chi connectivity index (χ1v) is 8.66. The predicted octanol–water partition coefficient (Wildman–Crippen LogP) is 2.67. The molecule has 0 N–H and O–H groups in total. The molecule has 1 saturated heterocycles. The Morgan fingerprint density at radius 3 is 1.83 bits per heavy atom. The molecule has 0 radical (unpaired) electrons. The van der Waals surface area contributed by atoms with Gasteiger partial charge in [0.25, 0.3) is 11.8 Å². The van der Waals surface area contributed by atoms with Crippen molar-refractivity contribution in [1.29, 1.82) is 0 Å². The topological polar surface area (TPSA) is 90.0 Å². The highest BCUT2D eigenvalue weighted by Crippen LogP contribution is 2.14. The smallest absolute Gasteiger partial charge is 0.333 e. The Kier molecular flexibility index (Phi) is 9.04. The zero-order valence-corrected chi connectivity index (χ0v) is 14.5. The fourth-order valence-electron chi connectivity index (χ4n) is 2.37. The maximum absolute atomic E-state index is 11.6. The van der Waals surface area contributed by atoms with Crippen LogP contribution in [0, 0.1) is 0 Å². The van der Waals surface area contributed by atoms with E-state index >= 15 is 0 Å². The number of hydrogen-bond donors (Lipinski definition) is 0. The van der Waals surface area contributed by atoms with Crippen molar-refractivity contribution in [2.75, 3.05) is 0 Å². The molecule has 2 amide bonds. The molecule has 1 rings (SSSR count). The van der Waals surface area contributed by atoms with E-state index in [9.17, 15) is 19.2 Å². The number of unbranched alkanes of at least 4 members (excludes halogenated alkanes) is 5. The lowest BCUT2D eigenvalue weighted by molar-refractivity contribution is -0.197. The summed E-state index contributed by atoms with van der Waals surface area (Å²) in [5, 5.41) is 0.582. The summed E-state index contributed by atoms with van der Waals surface area (Å²) in [7, 11) is 0. The molecule has 0 unspecified atom stereocenters. The number of carbonyl (C=O) groups is 4. The van der Waals surface area contributed by atoms with Crippen LogP contribution in [0.4, 0.5) is 0 Å². The Labute approximate surface area is 142 Å². The van der Waals surface area contributed by atoms with Crippen LogP contribution in [-0.2, 0) is 28.8 Å². The van der Waals surface area contributed by atoms with Gasteiger partial charge in [0.1, 0.15) is 0 Å². The molecule has 1 heterocycles. The second-order valence-corrected chi connectivity index (χ2v) is 6.21. The van der Waals surface area contributed by atoms with Gasteiger partial charge in [-0.2, -0.15) is 0 Å². The van der Waals surface area contributed by atoms with E-state index in [1.165, 1.54) is 0 Å². The Balaban J connectivity index is 1.96. The van der Waals surface area contributed by atoms with E-state index in [2.05, 4.69) is 0 Å². The molecule has 24 heavy (non-hydrogen) atoms. The number of ether oxygens (including phenoxy) is 1. The molecule has 0 saturated carbocycles. The first-order chi connectivity index (χ1) is 11.4. The molecule has 0 aromatic rings. The second-order valence-electron chi connectivity index (χ2n) is 6.21. The number of carbonyl (C=O) groups excluding carboxylic acids is 4. The molecule has 0 atom stereocenters. The molecule has 1 fully saturated rings. The van der Waals surface area contributed by atoms with Gasteiger partial charge < -0.3 is 9.57 Å². The van der Waals surface area contributed by atoms with E-state index in [-0.39, 0.29) is 31.3 Å². The van der Waals surface area contributed by atoms with Gasteiger partial charge in [-0.25, -0.2) is 4.79 Å². The van der Waals surface area contributed by atoms with E-state index in [1.807, 2.05) is 13.8 Å². The van der Waals surface area contributed by atoms with Gasteiger partial charge in [0.15, 0.2) is 0 Å². The fraction of sp³-hybridized carbons (Fsp3) is 0.765. The van der Waals surface area contributed by atoms with E-state index < -0.39 is 17.8 Å². The Bertz CT molecular complexity index is 444. The highest BCUT2D eigenvalue weighted by Gasteiger charge is 2.32. The molecule has 1 aliphatic heterocycles. The quantitative estimate of drug-likeness (QED) is 0.326. The van der Waals surface area contributed by atoms with Crippen molar-refractivity contribution in [3.63, 3.8) is 0 Å². The molecule has 7 nitrogen and oxygen atoms in total. The van der Waals surface area contributed by atoms with E-state index in [1.54, 1.807) is 0 Å². The monoisotopic (exact) mass is 341 g/mol. The summed E-state index contributed by atoms with van der Waals surface area (Å²) in [6, 6.07) is 0. The number of amides is 2. The molecule has 0 aromatic heterocycles. The lowest BCUT2D eigenvalue weighted by atomic mass is 10.1. The van der Waals surface area contributed by atoms with Crippen LogP contribution in [0.15, 0.2) is 0 Å². The summed E-state index contributed by atoms with van der Waals surface area (Å²) in [5.41, 5.74) is 0. The third-order valence-electron chi connectivity index (χ3n) is 3.58. The van der Waals surface area contributed by atoms with Crippen LogP contribution in [0.3, 0.4) is 0 Å². The zero-order chi connectivity index (χ0) is 17.9. The minimum absolute atomic E-state index is 0.0663. The Morgan fingerprint density at radius 2 is 1.33 bits per heavy atom. The van der Waals surface area contributed by atoms with Gasteiger partial charge in [0.2, 0.25) is 0 Å². The van der Waals surface area contributed by atoms with Crippen molar-refractivity contribution in [3.8, 4) is 0 Å². The summed E-state index contributed by atoms with van der Waals surface area (Å²) in [5.74, 6) is -1.61. The van der Waals surface area contributed by atoms with Gasteiger partial charge in [0, 0.05) is 25.7 Å². The largest absolute Gasteiger partial charge is 0.463 e. The molecule has 0 aromatic carbocycles. The molecule has 0 spiro atoms. The first kappa shape index (κ1) is 20.1. The molecule has 1 aliphatic rings. The van der Waals surface area contributed by atoms with Gasteiger partial charge in [-0.05, 0) is 26.7 Å². The maximum Gasteiger partial charge on any atom is 0.333 e. The number of nitrogens with zero attached hydrogens (tertiary/aromatic N) is 1. The summed E-state index contributed by atoms with van der Waals surface area (Å²) in [6.07, 6.45) is 6.04. The van der Waals surface area contributed by atoms with Crippen LogP contribution in [0.25, 0.3) is 0 Å². The van der Waals surface area contributed by atoms with Gasteiger partial charge in [-0.15, -0.1) is 5.06 Å². The third kappa shape index (κ3) is 8.08. The van der Waals surface area contributed by atoms with E-state index in [0.29, 0.717) is 17.9 Å². The van der Waals surface area contributed by atoms with Crippen molar-refractivity contribution >= 4 is 23.8 Å². The standard InChI is InChI=1S/C17H27NO6/c1-13(2)23-16(21)9-7-5-3-4-6-8-10-17(22)24-18-14(19)11-12-15(18)20/h13H,3-12H2,1-2H3. The minimum atomic E-state index is -0.546. The predicted molar refractivity (Wildman–Crippen MR) is 85.3 cm³/mol. The van der Waals surface area contributed by atoms with Crippen molar-refractivity contribution in [3.05, 3.63) is 0 Å². The third-order valence-corrected chi connectivity index (χ3v) is 3.58. The first-order valence-electron chi connectivity index (χ1n) is 8.66. The van der Waals surface area contributed by atoms with Gasteiger partial charge in [-0.1, -0.05) is 25.7 Å². The van der Waals surface area contributed by atoms with Gasteiger partial charge >= 0.3 is 11.9 Å². The highest BCUT2D eigenvalue weighted by atomic mass is 16.7. The molecule has 136 valence electrons.